The molecule has 5 nitrogen and oxygen atoms in total. The van der Waals surface area contributed by atoms with Crippen molar-refractivity contribution < 1.29 is 4.79 Å². The molecule has 3 heterocycles. The minimum absolute atomic E-state index is 0.133. The lowest BCUT2D eigenvalue weighted by Crippen LogP contribution is -2.38. The molecule has 32 heavy (non-hydrogen) atoms. The predicted molar refractivity (Wildman–Crippen MR) is 128 cm³/mol. The number of anilines is 1. The Kier molecular flexibility index (Phi) is 6.15. The average Bonchev–Trinajstić information content (AvgIpc) is 3.40. The first-order valence-electron chi connectivity index (χ1n) is 11.8. The van der Waals surface area contributed by atoms with Crippen LogP contribution in [0.4, 0.5) is 5.82 Å². The molecular formula is C27H30N4O. The highest BCUT2D eigenvalue weighted by molar-refractivity contribution is 5.95. The van der Waals surface area contributed by atoms with E-state index in [1.165, 1.54) is 18.4 Å². The van der Waals surface area contributed by atoms with E-state index in [4.69, 9.17) is 0 Å². The summed E-state index contributed by atoms with van der Waals surface area (Å²) in [6.45, 7) is 3.73. The van der Waals surface area contributed by atoms with Gasteiger partial charge in [0.25, 0.3) is 5.91 Å². The fourth-order valence-corrected chi connectivity index (χ4v) is 4.94. The Hall–Kier alpha value is -3.21. The van der Waals surface area contributed by atoms with Crippen LogP contribution in [0.1, 0.15) is 41.6 Å². The standard InChI is InChI=1S/C27H30N4O/c32-27(31-18-12-22(13-19-31)20-21-6-2-1-3-7-21)24-10-8-23(9-11-24)25-26(29-15-14-28-25)30-16-4-5-17-30/h1-3,6-11,14-15,22H,4-5,12-13,16-20H2. The zero-order valence-corrected chi connectivity index (χ0v) is 18.5. The van der Waals surface area contributed by atoms with Crippen LogP contribution in [0.15, 0.2) is 67.0 Å². The molecular weight excluding hydrogens is 396 g/mol. The molecule has 5 rings (SSSR count). The molecule has 0 N–H and O–H groups in total. The molecule has 0 aliphatic carbocycles. The monoisotopic (exact) mass is 426 g/mol. The minimum Gasteiger partial charge on any atom is -0.355 e. The van der Waals surface area contributed by atoms with Gasteiger partial charge in [0.15, 0.2) is 5.82 Å². The maximum Gasteiger partial charge on any atom is 0.253 e. The second-order valence-electron chi connectivity index (χ2n) is 8.93. The van der Waals surface area contributed by atoms with Crippen molar-refractivity contribution in [1.29, 1.82) is 0 Å². The first-order chi connectivity index (χ1) is 15.8. The van der Waals surface area contributed by atoms with E-state index in [1.54, 1.807) is 12.4 Å². The van der Waals surface area contributed by atoms with Gasteiger partial charge in [-0.05, 0) is 55.7 Å². The van der Waals surface area contributed by atoms with E-state index in [2.05, 4.69) is 45.2 Å². The van der Waals surface area contributed by atoms with E-state index < -0.39 is 0 Å². The normalized spacial score (nSPS) is 17.0. The molecule has 0 saturated carbocycles. The zero-order valence-electron chi connectivity index (χ0n) is 18.5. The van der Waals surface area contributed by atoms with Crippen LogP contribution in [-0.4, -0.2) is 47.0 Å². The van der Waals surface area contributed by atoms with E-state index in [0.29, 0.717) is 5.92 Å². The third kappa shape index (κ3) is 4.52. The number of aromatic nitrogens is 2. The number of likely N-dealkylation sites (tertiary alicyclic amines) is 1. The van der Waals surface area contributed by atoms with E-state index in [1.807, 2.05) is 29.2 Å². The van der Waals surface area contributed by atoms with Gasteiger partial charge in [0.05, 0.1) is 0 Å². The molecule has 1 amide bonds. The number of rotatable bonds is 5. The van der Waals surface area contributed by atoms with Gasteiger partial charge in [0, 0.05) is 49.7 Å². The number of benzene rings is 2. The van der Waals surface area contributed by atoms with Gasteiger partial charge in [-0.25, -0.2) is 4.98 Å². The van der Waals surface area contributed by atoms with Crippen molar-refractivity contribution in [3.05, 3.63) is 78.1 Å². The number of carbonyl (C=O) groups is 1. The summed E-state index contributed by atoms with van der Waals surface area (Å²) in [7, 11) is 0. The number of amides is 1. The first-order valence-corrected chi connectivity index (χ1v) is 11.8. The van der Waals surface area contributed by atoms with Gasteiger partial charge in [0.1, 0.15) is 5.69 Å². The van der Waals surface area contributed by atoms with Crippen LogP contribution in [-0.2, 0) is 6.42 Å². The van der Waals surface area contributed by atoms with Crippen LogP contribution >= 0.6 is 0 Å². The summed E-state index contributed by atoms with van der Waals surface area (Å²) >= 11 is 0. The molecule has 2 saturated heterocycles. The van der Waals surface area contributed by atoms with E-state index in [-0.39, 0.29) is 5.91 Å². The summed E-state index contributed by atoms with van der Waals surface area (Å²) in [5, 5.41) is 0. The van der Waals surface area contributed by atoms with Crippen LogP contribution in [0, 0.1) is 5.92 Å². The molecule has 2 aliphatic rings. The Morgan fingerprint density at radius 2 is 1.53 bits per heavy atom. The number of hydrogen-bond donors (Lipinski definition) is 0. The Balaban J connectivity index is 1.23. The van der Waals surface area contributed by atoms with Gasteiger partial charge in [-0.1, -0.05) is 42.5 Å². The summed E-state index contributed by atoms with van der Waals surface area (Å²) in [5.74, 6) is 1.74. The average molecular weight is 427 g/mol. The number of hydrogen-bond acceptors (Lipinski definition) is 4. The maximum atomic E-state index is 13.1. The molecule has 1 aromatic heterocycles. The number of carbonyl (C=O) groups excluding carboxylic acids is 1. The fourth-order valence-electron chi connectivity index (χ4n) is 4.94. The van der Waals surface area contributed by atoms with Crippen molar-refractivity contribution in [2.75, 3.05) is 31.1 Å². The van der Waals surface area contributed by atoms with Crippen molar-refractivity contribution in [3.8, 4) is 11.3 Å². The Labute approximate surface area is 190 Å². The highest BCUT2D eigenvalue weighted by atomic mass is 16.2. The van der Waals surface area contributed by atoms with Crippen molar-refractivity contribution in [1.82, 2.24) is 14.9 Å². The van der Waals surface area contributed by atoms with Crippen molar-refractivity contribution in [2.24, 2.45) is 5.92 Å². The third-order valence-electron chi connectivity index (χ3n) is 6.76. The molecule has 0 radical (unpaired) electrons. The second kappa shape index (κ2) is 9.51. The molecule has 5 heteroatoms. The summed E-state index contributed by atoms with van der Waals surface area (Å²) in [6.07, 6.45) is 9.14. The summed E-state index contributed by atoms with van der Waals surface area (Å²) in [6, 6.07) is 18.6. The Morgan fingerprint density at radius 3 is 2.25 bits per heavy atom. The third-order valence-corrected chi connectivity index (χ3v) is 6.76. The topological polar surface area (TPSA) is 49.3 Å². The van der Waals surface area contributed by atoms with Crippen LogP contribution < -0.4 is 4.90 Å². The highest BCUT2D eigenvalue weighted by Gasteiger charge is 2.24. The molecule has 164 valence electrons. The molecule has 2 aromatic carbocycles. The lowest BCUT2D eigenvalue weighted by molar-refractivity contribution is 0.0690. The molecule has 2 aliphatic heterocycles. The molecule has 0 spiro atoms. The number of piperidine rings is 1. The largest absolute Gasteiger partial charge is 0.355 e. The Morgan fingerprint density at radius 1 is 0.844 bits per heavy atom. The smallest absolute Gasteiger partial charge is 0.253 e. The first kappa shape index (κ1) is 20.7. The summed E-state index contributed by atoms with van der Waals surface area (Å²) in [5.41, 5.74) is 4.06. The van der Waals surface area contributed by atoms with Crippen LogP contribution in [0.2, 0.25) is 0 Å². The predicted octanol–water partition coefficient (Wildman–Crippen LogP) is 4.84. The molecule has 3 aromatic rings. The van der Waals surface area contributed by atoms with Crippen LogP contribution in [0.25, 0.3) is 11.3 Å². The number of nitrogens with zero attached hydrogens (tertiary/aromatic N) is 4. The van der Waals surface area contributed by atoms with Gasteiger partial charge < -0.3 is 9.80 Å². The van der Waals surface area contributed by atoms with Gasteiger partial charge in [-0.3, -0.25) is 9.78 Å². The Bertz CT molecular complexity index is 1040. The van der Waals surface area contributed by atoms with Crippen LogP contribution in [0.5, 0.6) is 0 Å². The van der Waals surface area contributed by atoms with Gasteiger partial charge in [0.2, 0.25) is 0 Å². The van der Waals surface area contributed by atoms with Crippen LogP contribution in [0.3, 0.4) is 0 Å². The van der Waals surface area contributed by atoms with Gasteiger partial charge >= 0.3 is 0 Å². The van der Waals surface area contributed by atoms with Gasteiger partial charge in [-0.2, -0.15) is 0 Å². The molecule has 0 atom stereocenters. The lowest BCUT2D eigenvalue weighted by atomic mass is 9.90. The quantitative estimate of drug-likeness (QED) is 0.586. The molecule has 2 fully saturated rings. The molecule has 0 bridgehead atoms. The van der Waals surface area contributed by atoms with E-state index >= 15 is 0 Å². The zero-order chi connectivity index (χ0) is 21.8. The second-order valence-corrected chi connectivity index (χ2v) is 8.93. The van der Waals surface area contributed by atoms with E-state index in [9.17, 15) is 4.79 Å². The minimum atomic E-state index is 0.133. The van der Waals surface area contributed by atoms with Crippen molar-refractivity contribution in [3.63, 3.8) is 0 Å². The maximum absolute atomic E-state index is 13.1. The molecule has 0 unspecified atom stereocenters. The summed E-state index contributed by atoms with van der Waals surface area (Å²) < 4.78 is 0. The lowest BCUT2D eigenvalue weighted by Gasteiger charge is -2.32. The van der Waals surface area contributed by atoms with Gasteiger partial charge in [-0.15, -0.1) is 0 Å². The SMILES string of the molecule is O=C(c1ccc(-c2nccnc2N2CCCC2)cc1)N1CCC(Cc2ccccc2)CC1. The fraction of sp³-hybridized carbons (Fsp3) is 0.370. The van der Waals surface area contributed by atoms with Crippen molar-refractivity contribution >= 4 is 11.7 Å². The van der Waals surface area contributed by atoms with E-state index in [0.717, 1.165) is 68.1 Å². The summed E-state index contributed by atoms with van der Waals surface area (Å²) in [4.78, 5) is 26.6. The highest BCUT2D eigenvalue weighted by Crippen LogP contribution is 2.29. The van der Waals surface area contributed by atoms with Crippen molar-refractivity contribution in [2.45, 2.75) is 32.1 Å².